The molecule has 522 valence electrons. The molecule has 4 saturated heterocycles. The van der Waals surface area contributed by atoms with Gasteiger partial charge in [-0.15, -0.1) is 0 Å². The van der Waals surface area contributed by atoms with Crippen molar-refractivity contribution in [2.45, 2.75) is 185 Å². The normalized spacial score (nSPS) is 23.3. The Hall–Kier alpha value is -9.87. The maximum Gasteiger partial charge on any atom is 0.306 e. The number of aromatic nitrogens is 16. The van der Waals surface area contributed by atoms with Crippen LogP contribution in [0.15, 0.2) is 81.0 Å². The Balaban J connectivity index is 0.000000143. The lowest BCUT2D eigenvalue weighted by Crippen LogP contribution is -2.27. The number of imidazole rings is 4. The summed E-state index contributed by atoms with van der Waals surface area (Å²) in [6.07, 6.45) is 14.2. The Morgan fingerprint density at radius 2 is 0.806 bits per heavy atom. The summed E-state index contributed by atoms with van der Waals surface area (Å²) in [5.41, 5.74) is 5.62. The van der Waals surface area contributed by atoms with Crippen LogP contribution in [0.5, 0.6) is 0 Å². The van der Waals surface area contributed by atoms with Gasteiger partial charge in [-0.25, -0.2) is 59.8 Å². The fraction of sp³-hybridized carbons (Fsp3) is 0.516. The van der Waals surface area contributed by atoms with Crippen LogP contribution >= 0.6 is 0 Å². The number of Topliss-reactive ketones (excluding diaryl/α,β-unsaturated/α-hetero) is 1. The molecule has 0 bridgehead atoms. The first-order valence-corrected chi connectivity index (χ1v) is 32.7. The van der Waals surface area contributed by atoms with Crippen LogP contribution in [-0.2, 0) is 47.6 Å². The van der Waals surface area contributed by atoms with Crippen molar-refractivity contribution in [2.75, 3.05) is 49.5 Å². The molecule has 34 heteroatoms. The van der Waals surface area contributed by atoms with Gasteiger partial charge in [-0.1, -0.05) is 45.9 Å². The molecule has 98 heavy (non-hydrogen) atoms. The van der Waals surface area contributed by atoms with Gasteiger partial charge in [-0.2, -0.15) is 0 Å². The van der Waals surface area contributed by atoms with E-state index >= 15 is 0 Å². The van der Waals surface area contributed by atoms with E-state index in [0.717, 1.165) is 12.8 Å². The fourth-order valence-corrected chi connectivity index (χ4v) is 12.0. The molecule has 12 unspecified atom stereocenters. The number of carbonyl (C=O) groups excluding carboxylic acids is 5. The third kappa shape index (κ3) is 16.2. The van der Waals surface area contributed by atoms with Gasteiger partial charge >= 0.3 is 11.9 Å². The van der Waals surface area contributed by atoms with Crippen molar-refractivity contribution in [2.24, 2.45) is 0 Å². The van der Waals surface area contributed by atoms with Crippen LogP contribution < -0.4 is 26.6 Å². The number of aliphatic hydroxyl groups excluding tert-OH is 2. The minimum absolute atomic E-state index is 0.0283. The van der Waals surface area contributed by atoms with E-state index in [0.29, 0.717) is 112 Å². The van der Waals surface area contributed by atoms with Crippen LogP contribution in [0.25, 0.3) is 44.7 Å². The standard InChI is InChI=1S/C18H19N5O3.C17H24N6O4.C17H23N5O4.C12H17N5O2/c1-2-13-12(24)8-14(26-13)23-10-21-15-16(19-9-20-17(15)23)22-18(25)11-6-4-3-5-7-11;1-4-10-11(27-14(25)6-5-12(24)18-2)7-13(26-10)23-9-22-15-16(19-3)20-8-21-17(15)23;1-4-11-12(26-14(24)6-5-10(2)23)7-13(25-11)22-9-21-15-16(18-3)19-8-20-17(15)22;1-3-8-7(18)4-9(19-8)17-6-16-10-11(13-2)14-5-15-12(10)17/h3-7,9-10,12-14,24H,2,8H2,1H3,(H,19,20,22,25);8-11,13H,4-7H2,1-3H3,(H,18,24)(H,19,20,21);8-9,11-13H,4-7H2,1-3H3,(H,18,19,20);5-9,18H,3-4H2,1-2H3,(H,13,14,15). The zero-order valence-corrected chi connectivity index (χ0v) is 56.0. The molecule has 12 heterocycles. The van der Waals surface area contributed by atoms with Crippen molar-refractivity contribution < 1.29 is 62.6 Å². The smallest absolute Gasteiger partial charge is 0.306 e. The van der Waals surface area contributed by atoms with Crippen LogP contribution in [0.2, 0.25) is 0 Å². The van der Waals surface area contributed by atoms with Crippen LogP contribution in [0.4, 0.5) is 23.3 Å². The molecule has 12 atom stereocenters. The van der Waals surface area contributed by atoms with Gasteiger partial charge in [0.15, 0.2) is 51.4 Å². The molecule has 34 nitrogen and oxygen atoms in total. The van der Waals surface area contributed by atoms with E-state index in [1.165, 1.54) is 39.3 Å². The Labute approximate surface area is 562 Å². The van der Waals surface area contributed by atoms with Crippen molar-refractivity contribution in [3.8, 4) is 0 Å². The van der Waals surface area contributed by atoms with Crippen molar-refractivity contribution in [3.05, 3.63) is 86.5 Å². The quantitative estimate of drug-likeness (QED) is 0.0411. The number of fused-ring (bicyclic) bond motifs is 4. The SMILES string of the molecule is CCC1OC(n2cnc3c(NC(=O)c4ccccc4)ncnc32)CC1O.CCC1OC(n2cnc3c(NC)ncnc32)CC1O.CCC1OC(n2cnc3c(NC)ncnc32)CC1OC(=O)CCC(=O)NC.CCC1OC(n2cnc3c(NC)ncnc32)CC1OC(=O)CCC(C)=O. The molecule has 2 amide bonds. The van der Waals surface area contributed by atoms with Gasteiger partial charge in [0.1, 0.15) is 84.8 Å². The number of ketones is 1. The minimum Gasteiger partial charge on any atom is -0.459 e. The van der Waals surface area contributed by atoms with E-state index in [-0.39, 0.29) is 111 Å². The topological polar surface area (TPSA) is 416 Å². The molecule has 13 rings (SSSR count). The number of benzene rings is 1. The van der Waals surface area contributed by atoms with Crippen LogP contribution in [0, 0.1) is 0 Å². The van der Waals surface area contributed by atoms with Crippen LogP contribution in [0.3, 0.4) is 0 Å². The number of rotatable bonds is 21. The lowest BCUT2D eigenvalue weighted by molar-refractivity contribution is -0.153. The van der Waals surface area contributed by atoms with Crippen molar-refractivity contribution in [3.63, 3.8) is 0 Å². The van der Waals surface area contributed by atoms with Crippen molar-refractivity contribution in [1.29, 1.82) is 0 Å². The van der Waals surface area contributed by atoms with Gasteiger partial charge in [0.2, 0.25) is 5.91 Å². The third-order valence-corrected chi connectivity index (χ3v) is 17.1. The fourth-order valence-electron chi connectivity index (χ4n) is 12.0. The molecular formula is C64H83N21O13. The number of carbonyl (C=O) groups is 5. The molecule has 0 spiro atoms. The molecule has 9 aromatic rings. The summed E-state index contributed by atoms with van der Waals surface area (Å²) < 4.78 is 42.3. The van der Waals surface area contributed by atoms with E-state index in [2.05, 4.69) is 86.4 Å². The molecular weight excluding hydrogens is 1270 g/mol. The number of amides is 2. The number of anilines is 4. The Morgan fingerprint density at radius 3 is 1.15 bits per heavy atom. The molecule has 8 aromatic heterocycles. The monoisotopic (exact) mass is 1350 g/mol. The molecule has 4 aliphatic rings. The summed E-state index contributed by atoms with van der Waals surface area (Å²) in [5, 5.41) is 34.2. The molecule has 1 aromatic carbocycles. The van der Waals surface area contributed by atoms with E-state index in [4.69, 9.17) is 28.4 Å². The third-order valence-electron chi connectivity index (χ3n) is 17.1. The maximum absolute atomic E-state index is 12.4. The zero-order valence-electron chi connectivity index (χ0n) is 56.0. The van der Waals surface area contributed by atoms with Crippen molar-refractivity contribution in [1.82, 2.24) is 83.4 Å². The molecule has 0 saturated carbocycles. The average Bonchev–Trinajstić information content (AvgIpc) is 1.64. The Morgan fingerprint density at radius 1 is 0.459 bits per heavy atom. The minimum atomic E-state index is -0.512. The molecule has 4 aliphatic heterocycles. The summed E-state index contributed by atoms with van der Waals surface area (Å²) in [6.45, 7) is 9.40. The number of esters is 2. The van der Waals surface area contributed by atoms with Gasteiger partial charge in [-0.3, -0.25) is 37.4 Å². The zero-order chi connectivity index (χ0) is 69.6. The largest absolute Gasteiger partial charge is 0.459 e. The predicted octanol–water partition coefficient (Wildman–Crippen LogP) is 5.91. The van der Waals surface area contributed by atoms with Gasteiger partial charge in [0.05, 0.1) is 74.8 Å². The second-order valence-electron chi connectivity index (χ2n) is 23.4. The first kappa shape index (κ1) is 70.9. The van der Waals surface area contributed by atoms with E-state index < -0.39 is 18.2 Å². The van der Waals surface area contributed by atoms with E-state index in [1.54, 1.807) is 75.3 Å². The predicted molar refractivity (Wildman–Crippen MR) is 355 cm³/mol. The highest BCUT2D eigenvalue weighted by Crippen LogP contribution is 2.38. The highest BCUT2D eigenvalue weighted by molar-refractivity contribution is 6.06. The van der Waals surface area contributed by atoms with Crippen LogP contribution in [-0.4, -0.2) is 195 Å². The number of hydrogen-bond donors (Lipinski definition) is 7. The second kappa shape index (κ2) is 32.9. The summed E-state index contributed by atoms with van der Waals surface area (Å²) in [4.78, 5) is 110. The van der Waals surface area contributed by atoms with Gasteiger partial charge in [0.25, 0.3) is 5.91 Å². The lowest BCUT2D eigenvalue weighted by atomic mass is 10.1. The molecule has 0 radical (unpaired) electrons. The van der Waals surface area contributed by atoms with Crippen LogP contribution in [0.1, 0.15) is 147 Å². The van der Waals surface area contributed by atoms with Crippen molar-refractivity contribution >= 4 is 97.5 Å². The number of hydrogen-bond acceptors (Lipinski definition) is 28. The number of ether oxygens (including phenoxy) is 6. The summed E-state index contributed by atoms with van der Waals surface area (Å²) in [6, 6.07) is 8.90. The van der Waals surface area contributed by atoms with Gasteiger partial charge < -0.3 is 70.0 Å². The maximum atomic E-state index is 12.4. The number of nitrogens with zero attached hydrogens (tertiary/aromatic N) is 16. The number of aliphatic hydroxyl groups is 2. The summed E-state index contributed by atoms with van der Waals surface area (Å²) in [5.74, 6) is 1.06. The van der Waals surface area contributed by atoms with Gasteiger partial charge in [-0.05, 0) is 44.7 Å². The highest BCUT2D eigenvalue weighted by Gasteiger charge is 2.41. The molecule has 7 N–H and O–H groups in total. The Kier molecular flexibility index (Phi) is 23.8. The summed E-state index contributed by atoms with van der Waals surface area (Å²) >= 11 is 0. The Bertz CT molecular complexity index is 4190. The highest BCUT2D eigenvalue weighted by atomic mass is 16.6. The van der Waals surface area contributed by atoms with Gasteiger partial charge in [0, 0.05) is 72.3 Å². The molecule has 0 aliphatic carbocycles. The van der Waals surface area contributed by atoms with E-state index in [1.807, 2.05) is 47.5 Å². The first-order chi connectivity index (χ1) is 47.5. The number of nitrogens with one attached hydrogen (secondary N) is 5. The summed E-state index contributed by atoms with van der Waals surface area (Å²) in [7, 11) is 6.88. The average molecular weight is 1350 g/mol. The first-order valence-electron chi connectivity index (χ1n) is 32.7. The van der Waals surface area contributed by atoms with E-state index in [9.17, 15) is 34.2 Å². The molecule has 4 fully saturated rings. The second-order valence-corrected chi connectivity index (χ2v) is 23.4. The lowest BCUT2D eigenvalue weighted by Gasteiger charge is -2.17.